The highest BCUT2D eigenvalue weighted by Crippen LogP contribution is 2.45. The molecule has 2 aromatic carbocycles. The standard InChI is InChI=1S/C24H31ClN2O/c1-15(2)27-22-10-16(3)18(11-20(22)17(4)13-24(27,5)6)14-26-19-8-9-23(28-7)21(25)12-19/h8-12,14-15,17H,13H2,1-7H3/t17-/m0/s1. The maximum absolute atomic E-state index is 6.22. The van der Waals surface area contributed by atoms with Crippen molar-refractivity contribution in [2.45, 2.75) is 65.5 Å². The number of methoxy groups -OCH3 is 1. The third-order valence-electron chi connectivity index (χ3n) is 5.67. The number of rotatable bonds is 4. The summed E-state index contributed by atoms with van der Waals surface area (Å²) in [6, 6.07) is 10.7. The molecule has 0 saturated heterocycles. The van der Waals surface area contributed by atoms with Crippen LogP contribution in [0.15, 0.2) is 35.3 Å². The molecular formula is C24H31ClN2O. The Labute approximate surface area is 174 Å². The molecule has 0 fully saturated rings. The minimum atomic E-state index is 0.155. The largest absolute Gasteiger partial charge is 0.495 e. The molecule has 0 spiro atoms. The van der Waals surface area contributed by atoms with Crippen molar-refractivity contribution in [3.8, 4) is 5.75 Å². The Morgan fingerprint density at radius 3 is 2.57 bits per heavy atom. The van der Waals surface area contributed by atoms with Gasteiger partial charge in [-0.1, -0.05) is 18.5 Å². The van der Waals surface area contributed by atoms with E-state index in [1.807, 2.05) is 24.4 Å². The highest BCUT2D eigenvalue weighted by atomic mass is 35.5. The van der Waals surface area contributed by atoms with Crippen LogP contribution < -0.4 is 9.64 Å². The molecular weight excluding hydrogens is 368 g/mol. The Morgan fingerprint density at radius 2 is 1.96 bits per heavy atom. The van der Waals surface area contributed by atoms with Crippen LogP contribution in [-0.4, -0.2) is 24.9 Å². The van der Waals surface area contributed by atoms with Crippen molar-refractivity contribution in [2.75, 3.05) is 12.0 Å². The molecule has 4 heteroatoms. The molecule has 0 aliphatic carbocycles. The van der Waals surface area contributed by atoms with Crippen LogP contribution >= 0.6 is 11.6 Å². The second kappa shape index (κ2) is 7.79. The number of hydrogen-bond donors (Lipinski definition) is 0. The van der Waals surface area contributed by atoms with Gasteiger partial charge in [-0.05, 0) is 94.0 Å². The Bertz CT molecular complexity index is 902. The van der Waals surface area contributed by atoms with Gasteiger partial charge in [0.15, 0.2) is 0 Å². The highest BCUT2D eigenvalue weighted by Gasteiger charge is 2.37. The highest BCUT2D eigenvalue weighted by molar-refractivity contribution is 6.32. The van der Waals surface area contributed by atoms with Crippen LogP contribution in [0.2, 0.25) is 5.02 Å². The van der Waals surface area contributed by atoms with Gasteiger partial charge < -0.3 is 9.64 Å². The van der Waals surface area contributed by atoms with Gasteiger partial charge in [-0.2, -0.15) is 0 Å². The lowest BCUT2D eigenvalue weighted by atomic mass is 9.78. The van der Waals surface area contributed by atoms with Crippen molar-refractivity contribution >= 4 is 29.2 Å². The first kappa shape index (κ1) is 20.7. The van der Waals surface area contributed by atoms with E-state index >= 15 is 0 Å². The fourth-order valence-corrected chi connectivity index (χ4v) is 4.86. The number of aryl methyl sites for hydroxylation is 1. The second-order valence-electron chi connectivity index (χ2n) is 8.73. The van der Waals surface area contributed by atoms with Crippen molar-refractivity contribution in [3.05, 3.63) is 52.0 Å². The molecule has 3 nitrogen and oxygen atoms in total. The van der Waals surface area contributed by atoms with Crippen LogP contribution in [0.5, 0.6) is 5.75 Å². The van der Waals surface area contributed by atoms with Crippen molar-refractivity contribution < 1.29 is 4.74 Å². The van der Waals surface area contributed by atoms with Crippen LogP contribution in [0, 0.1) is 6.92 Å². The summed E-state index contributed by atoms with van der Waals surface area (Å²) in [7, 11) is 1.61. The first-order valence-corrected chi connectivity index (χ1v) is 10.3. The maximum atomic E-state index is 6.22. The van der Waals surface area contributed by atoms with E-state index in [0.29, 0.717) is 22.7 Å². The van der Waals surface area contributed by atoms with Gasteiger partial charge >= 0.3 is 0 Å². The third kappa shape index (κ3) is 3.91. The van der Waals surface area contributed by atoms with Crippen molar-refractivity contribution in [3.63, 3.8) is 0 Å². The molecule has 1 atom stereocenters. The molecule has 0 bridgehead atoms. The van der Waals surface area contributed by atoms with E-state index in [1.54, 1.807) is 7.11 Å². The first-order chi connectivity index (χ1) is 13.1. The van der Waals surface area contributed by atoms with Crippen LogP contribution in [0.4, 0.5) is 11.4 Å². The lowest BCUT2D eigenvalue weighted by molar-refractivity contribution is 0.356. The number of anilines is 1. The molecule has 150 valence electrons. The lowest BCUT2D eigenvalue weighted by Crippen LogP contribution is -2.51. The van der Waals surface area contributed by atoms with E-state index in [9.17, 15) is 0 Å². The maximum Gasteiger partial charge on any atom is 0.137 e. The predicted molar refractivity (Wildman–Crippen MR) is 121 cm³/mol. The summed E-state index contributed by atoms with van der Waals surface area (Å²) in [5.41, 5.74) is 6.14. The molecule has 0 N–H and O–H groups in total. The third-order valence-corrected chi connectivity index (χ3v) is 5.96. The van der Waals surface area contributed by atoms with Crippen LogP contribution in [-0.2, 0) is 0 Å². The molecule has 0 radical (unpaired) electrons. The summed E-state index contributed by atoms with van der Waals surface area (Å²) in [4.78, 5) is 7.22. The van der Waals surface area contributed by atoms with Gasteiger partial charge in [-0.3, -0.25) is 4.99 Å². The van der Waals surface area contributed by atoms with Gasteiger partial charge in [0.25, 0.3) is 0 Å². The minimum Gasteiger partial charge on any atom is -0.495 e. The van der Waals surface area contributed by atoms with Gasteiger partial charge in [-0.25, -0.2) is 0 Å². The van der Waals surface area contributed by atoms with Gasteiger partial charge in [0, 0.05) is 23.5 Å². The summed E-state index contributed by atoms with van der Waals surface area (Å²) in [5.74, 6) is 1.18. The molecule has 0 unspecified atom stereocenters. The summed E-state index contributed by atoms with van der Waals surface area (Å²) >= 11 is 6.22. The van der Waals surface area contributed by atoms with Gasteiger partial charge in [-0.15, -0.1) is 0 Å². The van der Waals surface area contributed by atoms with Gasteiger partial charge in [0.2, 0.25) is 0 Å². The van der Waals surface area contributed by atoms with E-state index in [-0.39, 0.29) is 5.54 Å². The van der Waals surface area contributed by atoms with E-state index < -0.39 is 0 Å². The Morgan fingerprint density at radius 1 is 1.25 bits per heavy atom. The lowest BCUT2D eigenvalue weighted by Gasteiger charge is -2.50. The van der Waals surface area contributed by atoms with Crippen LogP contribution in [0.25, 0.3) is 0 Å². The predicted octanol–water partition coefficient (Wildman–Crippen LogP) is 6.91. The Balaban J connectivity index is 1.99. The van der Waals surface area contributed by atoms with Gasteiger partial charge in [0.05, 0.1) is 17.8 Å². The average Bonchev–Trinajstić information content (AvgIpc) is 2.59. The van der Waals surface area contributed by atoms with E-state index in [0.717, 1.165) is 17.7 Å². The van der Waals surface area contributed by atoms with Crippen LogP contribution in [0.3, 0.4) is 0 Å². The monoisotopic (exact) mass is 398 g/mol. The second-order valence-corrected chi connectivity index (χ2v) is 9.13. The summed E-state index contributed by atoms with van der Waals surface area (Å²) in [6.45, 7) is 13.7. The summed E-state index contributed by atoms with van der Waals surface area (Å²) < 4.78 is 5.21. The molecule has 1 aliphatic rings. The minimum absolute atomic E-state index is 0.155. The Hall–Kier alpha value is -2.00. The number of benzene rings is 2. The molecule has 1 aliphatic heterocycles. The zero-order chi connectivity index (χ0) is 20.6. The van der Waals surface area contributed by atoms with Crippen LogP contribution in [0.1, 0.15) is 63.6 Å². The number of fused-ring (bicyclic) bond motifs is 1. The number of hydrogen-bond acceptors (Lipinski definition) is 3. The fourth-order valence-electron chi connectivity index (χ4n) is 4.61. The molecule has 1 heterocycles. The van der Waals surface area contributed by atoms with Crippen molar-refractivity contribution in [1.29, 1.82) is 0 Å². The molecule has 28 heavy (non-hydrogen) atoms. The fraction of sp³-hybridized carbons (Fsp3) is 0.458. The molecule has 2 aromatic rings. The zero-order valence-electron chi connectivity index (χ0n) is 18.0. The number of halogens is 1. The van der Waals surface area contributed by atoms with Crippen molar-refractivity contribution in [1.82, 2.24) is 0 Å². The SMILES string of the molecule is COc1ccc(N=Cc2cc3c(cc2C)N(C(C)C)C(C)(C)C[C@@H]3C)cc1Cl. The number of nitrogens with zero attached hydrogens (tertiary/aromatic N) is 2. The number of ether oxygens (including phenoxy) is 1. The molecule has 0 amide bonds. The van der Waals surface area contributed by atoms with E-state index in [2.05, 4.69) is 63.6 Å². The summed E-state index contributed by atoms with van der Waals surface area (Å²) in [6.07, 6.45) is 3.09. The molecule has 0 aromatic heterocycles. The Kier molecular flexibility index (Phi) is 5.77. The molecule has 3 rings (SSSR count). The smallest absolute Gasteiger partial charge is 0.137 e. The van der Waals surface area contributed by atoms with E-state index in [1.165, 1.54) is 16.8 Å². The average molecular weight is 399 g/mol. The summed E-state index contributed by atoms with van der Waals surface area (Å²) in [5, 5.41) is 0.572. The van der Waals surface area contributed by atoms with Gasteiger partial charge in [0.1, 0.15) is 5.75 Å². The molecule has 0 saturated carbocycles. The normalized spacial score (nSPS) is 18.6. The first-order valence-electron chi connectivity index (χ1n) is 9.95. The zero-order valence-corrected chi connectivity index (χ0v) is 18.8. The van der Waals surface area contributed by atoms with Crippen molar-refractivity contribution in [2.24, 2.45) is 4.99 Å². The van der Waals surface area contributed by atoms with E-state index in [4.69, 9.17) is 16.3 Å². The quantitative estimate of drug-likeness (QED) is 0.522. The topological polar surface area (TPSA) is 24.8 Å². The number of aliphatic imine (C=N–C) groups is 1.